The summed E-state index contributed by atoms with van der Waals surface area (Å²) in [5.41, 5.74) is 1.08. The molecule has 1 aromatic carbocycles. The number of hydrogen-bond donors (Lipinski definition) is 0. The molecule has 1 aliphatic heterocycles. The molecular weight excluding hydrogens is 312 g/mol. The van der Waals surface area contributed by atoms with Crippen LogP contribution in [0.1, 0.15) is 25.8 Å². The van der Waals surface area contributed by atoms with Gasteiger partial charge in [-0.05, 0) is 19.4 Å². The molecule has 0 unspecified atom stereocenters. The van der Waals surface area contributed by atoms with Crippen molar-refractivity contribution < 1.29 is 28.5 Å². The van der Waals surface area contributed by atoms with Crippen LogP contribution in [0.15, 0.2) is 30.3 Å². The maximum atomic E-state index is 10.9. The lowest BCUT2D eigenvalue weighted by molar-refractivity contribution is -0.179. The highest BCUT2D eigenvalue weighted by molar-refractivity contribution is 5.50. The number of carbonyl (C=O) groups excluding carboxylic acids is 1. The van der Waals surface area contributed by atoms with Gasteiger partial charge in [0.15, 0.2) is 5.79 Å². The molecule has 0 saturated carbocycles. The molecule has 0 aromatic heterocycles. The largest absolute Gasteiger partial charge is 0.374 e. The number of methoxy groups -OCH3 is 1. The van der Waals surface area contributed by atoms with Crippen LogP contribution in [0.5, 0.6) is 0 Å². The van der Waals surface area contributed by atoms with E-state index in [1.165, 1.54) is 0 Å². The number of ether oxygens (including phenoxy) is 5. The summed E-state index contributed by atoms with van der Waals surface area (Å²) < 4.78 is 28.2. The molecule has 6 heteroatoms. The summed E-state index contributed by atoms with van der Waals surface area (Å²) in [7, 11) is 1.56. The summed E-state index contributed by atoms with van der Waals surface area (Å²) in [5, 5.41) is 0. The highest BCUT2D eigenvalue weighted by Crippen LogP contribution is 2.32. The second kappa shape index (κ2) is 9.25. The van der Waals surface area contributed by atoms with E-state index in [0.717, 1.165) is 11.8 Å². The van der Waals surface area contributed by atoms with Crippen LogP contribution in [0, 0.1) is 0 Å². The Balaban J connectivity index is 1.96. The summed E-state index contributed by atoms with van der Waals surface area (Å²) >= 11 is 0. The van der Waals surface area contributed by atoms with Crippen LogP contribution in [-0.4, -0.2) is 50.9 Å². The fourth-order valence-electron chi connectivity index (χ4n) is 2.72. The number of hydrogen-bond acceptors (Lipinski definition) is 6. The first-order chi connectivity index (χ1) is 11.6. The number of aldehydes is 1. The van der Waals surface area contributed by atoms with E-state index in [1.54, 1.807) is 7.11 Å². The molecule has 2 rings (SSSR count). The Morgan fingerprint density at radius 3 is 2.67 bits per heavy atom. The Hall–Kier alpha value is -1.31. The predicted molar refractivity (Wildman–Crippen MR) is 87.4 cm³/mol. The van der Waals surface area contributed by atoms with Crippen molar-refractivity contribution in [2.45, 2.75) is 51.0 Å². The fourth-order valence-corrected chi connectivity index (χ4v) is 2.72. The van der Waals surface area contributed by atoms with Crippen molar-refractivity contribution in [3.63, 3.8) is 0 Å². The van der Waals surface area contributed by atoms with Crippen LogP contribution >= 0.6 is 0 Å². The van der Waals surface area contributed by atoms with Gasteiger partial charge in [0.05, 0.1) is 19.3 Å². The maximum Gasteiger partial charge on any atom is 0.163 e. The average Bonchev–Trinajstić information content (AvgIpc) is 2.86. The molecule has 0 radical (unpaired) electrons. The zero-order valence-electron chi connectivity index (χ0n) is 14.5. The standard InChI is InChI=1S/C18H26O6/c1-18(2)23-15(9-10-19)17(24-18)16(22-13-20-3)12-21-11-14-7-5-4-6-8-14/h4-8,10,15-17H,9,11-13H2,1-3H3/t15-,16+,17-/m0/s1. The van der Waals surface area contributed by atoms with Crippen molar-refractivity contribution in [1.29, 1.82) is 0 Å². The van der Waals surface area contributed by atoms with Crippen molar-refractivity contribution in [1.82, 2.24) is 0 Å². The van der Waals surface area contributed by atoms with Crippen molar-refractivity contribution in [2.75, 3.05) is 20.5 Å². The van der Waals surface area contributed by atoms with Crippen molar-refractivity contribution in [3.05, 3.63) is 35.9 Å². The van der Waals surface area contributed by atoms with Gasteiger partial charge < -0.3 is 28.5 Å². The SMILES string of the molecule is COCO[C@H](COCc1ccccc1)[C@H]1OC(C)(C)O[C@H]1CC=O. The van der Waals surface area contributed by atoms with Crippen LogP contribution < -0.4 is 0 Å². The molecule has 1 fully saturated rings. The second-order valence-corrected chi connectivity index (χ2v) is 6.15. The highest BCUT2D eigenvalue weighted by atomic mass is 16.8. The zero-order chi connectivity index (χ0) is 17.4. The third-order valence-electron chi connectivity index (χ3n) is 3.71. The van der Waals surface area contributed by atoms with E-state index in [1.807, 2.05) is 44.2 Å². The van der Waals surface area contributed by atoms with Crippen LogP contribution in [0.25, 0.3) is 0 Å². The van der Waals surface area contributed by atoms with Gasteiger partial charge in [-0.2, -0.15) is 0 Å². The first-order valence-corrected chi connectivity index (χ1v) is 8.07. The van der Waals surface area contributed by atoms with Crippen LogP contribution in [0.4, 0.5) is 0 Å². The van der Waals surface area contributed by atoms with Crippen LogP contribution in [0.3, 0.4) is 0 Å². The van der Waals surface area contributed by atoms with Gasteiger partial charge in [0.25, 0.3) is 0 Å². The van der Waals surface area contributed by atoms with Gasteiger partial charge in [-0.3, -0.25) is 0 Å². The van der Waals surface area contributed by atoms with Gasteiger partial charge >= 0.3 is 0 Å². The summed E-state index contributed by atoms with van der Waals surface area (Å²) in [6, 6.07) is 9.89. The molecular formula is C18H26O6. The predicted octanol–water partition coefficient (Wildman–Crippen LogP) is 2.30. The Morgan fingerprint density at radius 1 is 1.25 bits per heavy atom. The fraction of sp³-hybridized carbons (Fsp3) is 0.611. The van der Waals surface area contributed by atoms with E-state index in [-0.39, 0.29) is 25.4 Å². The lowest BCUT2D eigenvalue weighted by atomic mass is 10.1. The van der Waals surface area contributed by atoms with Gasteiger partial charge in [-0.1, -0.05) is 30.3 Å². The molecule has 24 heavy (non-hydrogen) atoms. The number of rotatable bonds is 10. The molecule has 0 amide bonds. The monoisotopic (exact) mass is 338 g/mol. The second-order valence-electron chi connectivity index (χ2n) is 6.15. The van der Waals surface area contributed by atoms with E-state index < -0.39 is 11.9 Å². The van der Waals surface area contributed by atoms with Crippen molar-refractivity contribution in [3.8, 4) is 0 Å². The normalized spacial score (nSPS) is 24.0. The van der Waals surface area contributed by atoms with Gasteiger partial charge in [0.2, 0.25) is 0 Å². The number of carbonyl (C=O) groups is 1. The highest BCUT2D eigenvalue weighted by Gasteiger charge is 2.45. The van der Waals surface area contributed by atoms with E-state index >= 15 is 0 Å². The third-order valence-corrected chi connectivity index (χ3v) is 3.71. The Morgan fingerprint density at radius 2 is 2.00 bits per heavy atom. The maximum absolute atomic E-state index is 10.9. The summed E-state index contributed by atoms with van der Waals surface area (Å²) in [4.78, 5) is 10.9. The number of benzene rings is 1. The minimum atomic E-state index is -0.757. The average molecular weight is 338 g/mol. The molecule has 3 atom stereocenters. The quantitative estimate of drug-likeness (QED) is 0.482. The smallest absolute Gasteiger partial charge is 0.163 e. The van der Waals surface area contributed by atoms with Crippen molar-refractivity contribution >= 4 is 6.29 Å². The van der Waals surface area contributed by atoms with E-state index in [2.05, 4.69) is 0 Å². The van der Waals surface area contributed by atoms with E-state index in [0.29, 0.717) is 13.2 Å². The minimum Gasteiger partial charge on any atom is -0.374 e. The first kappa shape index (κ1) is 19.0. The summed E-state index contributed by atoms with van der Waals surface area (Å²) in [5.74, 6) is -0.757. The molecule has 134 valence electrons. The van der Waals surface area contributed by atoms with E-state index in [9.17, 15) is 4.79 Å². The van der Waals surface area contributed by atoms with Gasteiger partial charge in [0, 0.05) is 13.5 Å². The first-order valence-electron chi connectivity index (χ1n) is 8.07. The lowest BCUT2D eigenvalue weighted by Gasteiger charge is -2.26. The zero-order valence-corrected chi connectivity index (χ0v) is 14.5. The summed E-state index contributed by atoms with van der Waals surface area (Å²) in [6.07, 6.45) is -0.0588. The topological polar surface area (TPSA) is 63.2 Å². The Labute approximate surface area is 143 Å². The molecule has 1 saturated heterocycles. The molecule has 0 bridgehead atoms. The molecule has 0 spiro atoms. The Bertz CT molecular complexity index is 490. The van der Waals surface area contributed by atoms with E-state index in [4.69, 9.17) is 23.7 Å². The van der Waals surface area contributed by atoms with Gasteiger partial charge in [-0.15, -0.1) is 0 Å². The molecule has 1 aliphatic rings. The Kier molecular flexibility index (Phi) is 7.33. The van der Waals surface area contributed by atoms with Crippen LogP contribution in [-0.2, 0) is 35.1 Å². The molecule has 1 heterocycles. The third kappa shape index (κ3) is 5.65. The molecule has 0 N–H and O–H groups in total. The molecule has 6 nitrogen and oxygen atoms in total. The summed E-state index contributed by atoms with van der Waals surface area (Å²) in [6.45, 7) is 4.56. The van der Waals surface area contributed by atoms with Gasteiger partial charge in [0.1, 0.15) is 25.3 Å². The molecule has 0 aliphatic carbocycles. The van der Waals surface area contributed by atoms with Gasteiger partial charge in [-0.25, -0.2) is 0 Å². The van der Waals surface area contributed by atoms with Crippen molar-refractivity contribution in [2.24, 2.45) is 0 Å². The van der Waals surface area contributed by atoms with Crippen LogP contribution in [0.2, 0.25) is 0 Å². The lowest BCUT2D eigenvalue weighted by Crippen LogP contribution is -2.41. The minimum absolute atomic E-state index is 0.119. The molecule has 1 aromatic rings.